The molecule has 2 rings (SSSR count). The highest BCUT2D eigenvalue weighted by Gasteiger charge is 2.23. The Hall–Kier alpha value is -1.84. The summed E-state index contributed by atoms with van der Waals surface area (Å²) < 4.78 is 0. The molecule has 0 aromatic heterocycles. The Morgan fingerprint density at radius 3 is 2.60 bits per heavy atom. The van der Waals surface area contributed by atoms with Crippen LogP contribution in [0.3, 0.4) is 0 Å². The fourth-order valence-electron chi connectivity index (χ4n) is 2.26. The first-order chi connectivity index (χ1) is 9.61. The van der Waals surface area contributed by atoms with Gasteiger partial charge in [-0.15, -0.1) is 0 Å². The van der Waals surface area contributed by atoms with E-state index in [-0.39, 0.29) is 11.8 Å². The standard InChI is InChI=1S/C16H22N2O2/c1-3-13-6-4-5-7-15(13)18(12(2)19)11-10-16(20)17-14-8-9-14/h4-7,14H,3,8-11H2,1-2H3,(H,17,20). The van der Waals surface area contributed by atoms with E-state index in [9.17, 15) is 9.59 Å². The molecule has 0 spiro atoms. The topological polar surface area (TPSA) is 49.4 Å². The normalized spacial score (nSPS) is 13.9. The predicted octanol–water partition coefficient (Wildman–Crippen LogP) is 2.27. The van der Waals surface area contributed by atoms with Crippen LogP contribution in [0.1, 0.15) is 38.7 Å². The molecule has 0 radical (unpaired) electrons. The van der Waals surface area contributed by atoms with Crippen molar-refractivity contribution in [1.29, 1.82) is 0 Å². The first-order valence-corrected chi connectivity index (χ1v) is 7.27. The highest BCUT2D eigenvalue weighted by Crippen LogP contribution is 2.22. The fraction of sp³-hybridized carbons (Fsp3) is 0.500. The van der Waals surface area contributed by atoms with Gasteiger partial charge in [-0.1, -0.05) is 25.1 Å². The third-order valence-corrected chi connectivity index (χ3v) is 3.55. The number of nitrogens with one attached hydrogen (secondary N) is 1. The Kier molecular flexibility index (Phi) is 4.77. The van der Waals surface area contributed by atoms with E-state index in [0.29, 0.717) is 19.0 Å². The van der Waals surface area contributed by atoms with Crippen LogP contribution in [0.2, 0.25) is 0 Å². The maximum absolute atomic E-state index is 11.9. The Bertz CT molecular complexity index is 495. The minimum Gasteiger partial charge on any atom is -0.353 e. The fourth-order valence-corrected chi connectivity index (χ4v) is 2.26. The molecule has 1 aromatic carbocycles. The van der Waals surface area contributed by atoms with Gasteiger partial charge in [0.2, 0.25) is 11.8 Å². The third-order valence-electron chi connectivity index (χ3n) is 3.55. The van der Waals surface area contributed by atoms with Gasteiger partial charge in [-0.3, -0.25) is 9.59 Å². The van der Waals surface area contributed by atoms with Gasteiger partial charge in [-0.2, -0.15) is 0 Å². The number of aryl methyl sites for hydroxylation is 1. The van der Waals surface area contributed by atoms with Crippen molar-refractivity contribution >= 4 is 17.5 Å². The first-order valence-electron chi connectivity index (χ1n) is 7.27. The summed E-state index contributed by atoms with van der Waals surface area (Å²) in [6.45, 7) is 4.05. The van der Waals surface area contributed by atoms with Gasteiger partial charge in [0.15, 0.2) is 0 Å². The van der Waals surface area contributed by atoms with Crippen LogP contribution in [-0.2, 0) is 16.0 Å². The van der Waals surface area contributed by atoms with Crippen LogP contribution >= 0.6 is 0 Å². The van der Waals surface area contributed by atoms with Crippen LogP contribution in [0.25, 0.3) is 0 Å². The van der Waals surface area contributed by atoms with Crippen LogP contribution in [0.15, 0.2) is 24.3 Å². The molecule has 2 amide bonds. The largest absolute Gasteiger partial charge is 0.353 e. The monoisotopic (exact) mass is 274 g/mol. The highest BCUT2D eigenvalue weighted by molar-refractivity contribution is 5.93. The van der Waals surface area contributed by atoms with Crippen LogP contribution < -0.4 is 10.2 Å². The van der Waals surface area contributed by atoms with Crippen molar-refractivity contribution in [3.8, 4) is 0 Å². The molecule has 1 aliphatic carbocycles. The van der Waals surface area contributed by atoms with Gasteiger partial charge < -0.3 is 10.2 Å². The van der Waals surface area contributed by atoms with E-state index < -0.39 is 0 Å². The minimum atomic E-state index is -0.0230. The van der Waals surface area contributed by atoms with E-state index in [0.717, 1.165) is 30.5 Å². The van der Waals surface area contributed by atoms with Gasteiger partial charge in [0.1, 0.15) is 0 Å². The molecule has 1 aromatic rings. The molecule has 0 aliphatic heterocycles. The molecule has 4 heteroatoms. The van der Waals surface area contributed by atoms with Crippen molar-refractivity contribution < 1.29 is 9.59 Å². The second kappa shape index (κ2) is 6.55. The van der Waals surface area contributed by atoms with Gasteiger partial charge in [0.05, 0.1) is 0 Å². The van der Waals surface area contributed by atoms with Crippen molar-refractivity contribution in [1.82, 2.24) is 5.32 Å². The highest BCUT2D eigenvalue weighted by atomic mass is 16.2. The van der Waals surface area contributed by atoms with Crippen molar-refractivity contribution in [3.63, 3.8) is 0 Å². The molecule has 1 fully saturated rings. The van der Waals surface area contributed by atoms with E-state index in [2.05, 4.69) is 12.2 Å². The molecule has 0 saturated heterocycles. The minimum absolute atomic E-state index is 0.0230. The zero-order chi connectivity index (χ0) is 14.5. The van der Waals surface area contributed by atoms with Crippen molar-refractivity contribution in [2.75, 3.05) is 11.4 Å². The van der Waals surface area contributed by atoms with Gasteiger partial charge >= 0.3 is 0 Å². The zero-order valence-corrected chi connectivity index (χ0v) is 12.2. The van der Waals surface area contributed by atoms with Crippen molar-refractivity contribution in [2.45, 2.75) is 45.6 Å². The van der Waals surface area contributed by atoms with E-state index in [4.69, 9.17) is 0 Å². The van der Waals surface area contributed by atoms with E-state index in [1.165, 1.54) is 0 Å². The predicted molar refractivity (Wildman–Crippen MR) is 79.6 cm³/mol. The number of hydrogen-bond donors (Lipinski definition) is 1. The number of para-hydroxylation sites is 1. The summed E-state index contributed by atoms with van der Waals surface area (Å²) in [5, 5.41) is 2.95. The number of carbonyl (C=O) groups excluding carboxylic acids is 2. The Balaban J connectivity index is 2.02. The number of rotatable bonds is 6. The molecule has 108 valence electrons. The first kappa shape index (κ1) is 14.6. The maximum atomic E-state index is 11.9. The molecule has 4 nitrogen and oxygen atoms in total. The molecule has 1 N–H and O–H groups in total. The second-order valence-electron chi connectivity index (χ2n) is 5.24. The lowest BCUT2D eigenvalue weighted by atomic mass is 10.1. The lowest BCUT2D eigenvalue weighted by Crippen LogP contribution is -2.35. The molecular formula is C16H22N2O2. The van der Waals surface area contributed by atoms with Crippen molar-refractivity contribution in [2.24, 2.45) is 0 Å². The summed E-state index contributed by atoms with van der Waals surface area (Å²) in [6.07, 6.45) is 3.39. The van der Waals surface area contributed by atoms with Gasteiger partial charge in [-0.05, 0) is 30.9 Å². The van der Waals surface area contributed by atoms with Crippen LogP contribution in [0.5, 0.6) is 0 Å². The molecule has 0 atom stereocenters. The van der Waals surface area contributed by atoms with Gasteiger partial charge in [-0.25, -0.2) is 0 Å². The zero-order valence-electron chi connectivity index (χ0n) is 12.2. The molecule has 1 aliphatic rings. The van der Waals surface area contributed by atoms with Crippen molar-refractivity contribution in [3.05, 3.63) is 29.8 Å². The van der Waals surface area contributed by atoms with Crippen LogP contribution in [0.4, 0.5) is 5.69 Å². The summed E-state index contributed by atoms with van der Waals surface area (Å²) in [6, 6.07) is 8.24. The molecule has 0 heterocycles. The number of amides is 2. The molecule has 0 unspecified atom stereocenters. The molecule has 0 bridgehead atoms. The van der Waals surface area contributed by atoms with Crippen LogP contribution in [-0.4, -0.2) is 24.4 Å². The maximum Gasteiger partial charge on any atom is 0.223 e. The lowest BCUT2D eigenvalue weighted by molar-refractivity contribution is -0.121. The summed E-state index contributed by atoms with van der Waals surface area (Å²) in [7, 11) is 0. The van der Waals surface area contributed by atoms with Gasteiger partial charge in [0.25, 0.3) is 0 Å². The average molecular weight is 274 g/mol. The summed E-state index contributed by atoms with van der Waals surface area (Å²) in [5.41, 5.74) is 2.05. The van der Waals surface area contributed by atoms with E-state index >= 15 is 0 Å². The molecule has 1 saturated carbocycles. The number of hydrogen-bond acceptors (Lipinski definition) is 2. The molecular weight excluding hydrogens is 252 g/mol. The Morgan fingerprint density at radius 2 is 2.00 bits per heavy atom. The SMILES string of the molecule is CCc1ccccc1N(CCC(=O)NC1CC1)C(C)=O. The number of benzene rings is 1. The molecule has 20 heavy (non-hydrogen) atoms. The summed E-state index contributed by atoms with van der Waals surface area (Å²) in [4.78, 5) is 25.3. The van der Waals surface area contributed by atoms with E-state index in [1.807, 2.05) is 24.3 Å². The van der Waals surface area contributed by atoms with Crippen LogP contribution in [0, 0.1) is 0 Å². The Morgan fingerprint density at radius 1 is 1.30 bits per heavy atom. The second-order valence-corrected chi connectivity index (χ2v) is 5.24. The number of anilines is 1. The average Bonchev–Trinajstić information content (AvgIpc) is 3.23. The summed E-state index contributed by atoms with van der Waals surface area (Å²) >= 11 is 0. The lowest BCUT2D eigenvalue weighted by Gasteiger charge is -2.23. The van der Waals surface area contributed by atoms with Gasteiger partial charge in [0, 0.05) is 31.6 Å². The third kappa shape index (κ3) is 3.83. The quantitative estimate of drug-likeness (QED) is 0.865. The smallest absolute Gasteiger partial charge is 0.223 e. The Labute approximate surface area is 120 Å². The van der Waals surface area contributed by atoms with E-state index in [1.54, 1.807) is 11.8 Å². The number of nitrogens with zero attached hydrogens (tertiary/aromatic N) is 1. The summed E-state index contributed by atoms with van der Waals surface area (Å²) in [5.74, 6) is 0.0119. The number of carbonyl (C=O) groups is 2.